The molecule has 1 aromatic carbocycles. The van der Waals surface area contributed by atoms with Gasteiger partial charge in [0, 0.05) is 0 Å². The van der Waals surface area contributed by atoms with Crippen LogP contribution >= 0.6 is 20.2 Å². The van der Waals surface area contributed by atoms with E-state index in [0.29, 0.717) is 0 Å². The maximum atomic E-state index is 12.8. The van der Waals surface area contributed by atoms with Gasteiger partial charge in [0.25, 0.3) is 0 Å². The lowest BCUT2D eigenvalue weighted by molar-refractivity contribution is 0.141. The van der Waals surface area contributed by atoms with Crippen LogP contribution in [0.1, 0.15) is 38.2 Å². The second-order valence-electron chi connectivity index (χ2n) is 4.63. The van der Waals surface area contributed by atoms with Crippen molar-refractivity contribution >= 4 is 20.2 Å². The predicted octanol–water partition coefficient (Wildman–Crippen LogP) is 4.66. The van der Waals surface area contributed by atoms with Gasteiger partial charge in [0.05, 0.1) is 12.2 Å². The summed E-state index contributed by atoms with van der Waals surface area (Å²) in [5.41, 5.74) is 0.838. The zero-order chi connectivity index (χ0) is 13.8. The molecule has 0 bridgehead atoms. The molecule has 0 spiro atoms. The highest BCUT2D eigenvalue weighted by atomic mass is 32.1. The van der Waals surface area contributed by atoms with Gasteiger partial charge >= 0.3 is 7.60 Å². The molecular formula is C13H21O3PS. The van der Waals surface area contributed by atoms with Crippen molar-refractivity contribution in [3.8, 4) is 0 Å². The summed E-state index contributed by atoms with van der Waals surface area (Å²) in [6.07, 6.45) is -0.346. The Labute approximate surface area is 115 Å². The SMILES string of the molecule is CC(C)OP(=O)(OC(C)C)[C@@H](S)c1ccccc1. The third kappa shape index (κ3) is 4.43. The van der Waals surface area contributed by atoms with Gasteiger partial charge in [0.15, 0.2) is 0 Å². The molecule has 0 saturated carbocycles. The molecule has 0 amide bonds. The lowest BCUT2D eigenvalue weighted by Crippen LogP contribution is -2.11. The quantitative estimate of drug-likeness (QED) is 0.611. The van der Waals surface area contributed by atoms with E-state index in [1.165, 1.54) is 0 Å². The summed E-state index contributed by atoms with van der Waals surface area (Å²) in [7, 11) is -3.28. The summed E-state index contributed by atoms with van der Waals surface area (Å²) in [6.45, 7) is 7.34. The van der Waals surface area contributed by atoms with Crippen LogP contribution in [0.5, 0.6) is 0 Å². The molecule has 3 nitrogen and oxygen atoms in total. The van der Waals surface area contributed by atoms with Crippen molar-refractivity contribution in [2.45, 2.75) is 44.9 Å². The lowest BCUT2D eigenvalue weighted by Gasteiger charge is -2.27. The first-order valence-corrected chi connectivity index (χ1v) is 8.17. The van der Waals surface area contributed by atoms with Crippen molar-refractivity contribution in [1.29, 1.82) is 0 Å². The minimum atomic E-state index is -3.28. The van der Waals surface area contributed by atoms with E-state index < -0.39 is 12.6 Å². The molecule has 18 heavy (non-hydrogen) atoms. The number of hydrogen-bond donors (Lipinski definition) is 1. The molecule has 0 aliphatic carbocycles. The van der Waals surface area contributed by atoms with Crippen molar-refractivity contribution in [2.75, 3.05) is 0 Å². The number of rotatable bonds is 6. The molecule has 0 heterocycles. The first-order chi connectivity index (χ1) is 8.35. The van der Waals surface area contributed by atoms with Gasteiger partial charge in [0.1, 0.15) is 4.99 Å². The Morgan fingerprint density at radius 1 is 1.00 bits per heavy atom. The van der Waals surface area contributed by atoms with Gasteiger partial charge in [-0.2, -0.15) is 12.6 Å². The molecule has 0 aliphatic heterocycles. The van der Waals surface area contributed by atoms with Gasteiger partial charge in [0.2, 0.25) is 0 Å². The molecule has 1 atom stereocenters. The van der Waals surface area contributed by atoms with Crippen molar-refractivity contribution in [3.63, 3.8) is 0 Å². The van der Waals surface area contributed by atoms with Crippen molar-refractivity contribution < 1.29 is 13.6 Å². The van der Waals surface area contributed by atoms with Gasteiger partial charge in [-0.05, 0) is 33.3 Å². The van der Waals surface area contributed by atoms with Gasteiger partial charge in [-0.3, -0.25) is 4.57 Å². The molecular weight excluding hydrogens is 267 g/mol. The van der Waals surface area contributed by atoms with E-state index in [1.54, 1.807) is 0 Å². The van der Waals surface area contributed by atoms with Crippen molar-refractivity contribution in [3.05, 3.63) is 35.9 Å². The Kier molecular flexibility index (Phi) is 5.93. The van der Waals surface area contributed by atoms with E-state index in [4.69, 9.17) is 9.05 Å². The van der Waals surface area contributed by atoms with Crippen LogP contribution in [0.3, 0.4) is 0 Å². The highest BCUT2D eigenvalue weighted by molar-refractivity contribution is 7.89. The van der Waals surface area contributed by atoms with Crippen LogP contribution in [-0.4, -0.2) is 12.2 Å². The van der Waals surface area contributed by atoms with E-state index in [2.05, 4.69) is 12.6 Å². The fourth-order valence-corrected chi connectivity index (χ4v) is 4.03. The molecule has 5 heteroatoms. The Hall–Kier alpha value is -0.280. The molecule has 0 aliphatic rings. The lowest BCUT2D eigenvalue weighted by atomic mass is 10.2. The Bertz CT molecular complexity index is 392. The molecule has 0 unspecified atom stereocenters. The summed E-state index contributed by atoms with van der Waals surface area (Å²) in [5, 5.41) is 0. The number of hydrogen-bond acceptors (Lipinski definition) is 4. The monoisotopic (exact) mass is 288 g/mol. The standard InChI is InChI=1S/C13H21O3PS/c1-10(2)15-17(14,16-11(3)4)13(18)12-8-6-5-7-9-12/h5-11,13,18H,1-4H3/t13-/m0/s1. The second kappa shape index (κ2) is 6.76. The summed E-state index contributed by atoms with van der Waals surface area (Å²) >= 11 is 4.44. The minimum absolute atomic E-state index is 0.173. The Morgan fingerprint density at radius 2 is 1.44 bits per heavy atom. The highest BCUT2D eigenvalue weighted by Gasteiger charge is 2.36. The van der Waals surface area contributed by atoms with Gasteiger partial charge < -0.3 is 9.05 Å². The smallest absolute Gasteiger partial charge is 0.305 e. The van der Waals surface area contributed by atoms with Crippen LogP contribution in [-0.2, 0) is 13.6 Å². The van der Waals surface area contributed by atoms with Crippen LogP contribution < -0.4 is 0 Å². The van der Waals surface area contributed by atoms with Crippen LogP contribution in [0.15, 0.2) is 30.3 Å². The molecule has 0 radical (unpaired) electrons. The molecule has 0 aromatic heterocycles. The van der Waals surface area contributed by atoms with E-state index in [-0.39, 0.29) is 12.2 Å². The van der Waals surface area contributed by atoms with Crippen LogP contribution in [0.4, 0.5) is 0 Å². The number of benzene rings is 1. The largest absolute Gasteiger partial charge is 0.348 e. The minimum Gasteiger partial charge on any atom is -0.305 e. The fourth-order valence-electron chi connectivity index (χ4n) is 1.54. The number of thiol groups is 1. The maximum Gasteiger partial charge on any atom is 0.348 e. The van der Waals surface area contributed by atoms with Gasteiger partial charge in [-0.15, -0.1) is 0 Å². The normalized spacial score (nSPS) is 14.2. The Balaban J connectivity index is 2.99. The van der Waals surface area contributed by atoms with Crippen molar-refractivity contribution in [1.82, 2.24) is 0 Å². The third-order valence-electron chi connectivity index (χ3n) is 2.11. The summed E-state index contributed by atoms with van der Waals surface area (Å²) in [4.78, 5) is -0.566. The third-order valence-corrected chi connectivity index (χ3v) is 5.59. The zero-order valence-electron chi connectivity index (χ0n) is 11.2. The first kappa shape index (κ1) is 15.8. The molecule has 1 aromatic rings. The second-order valence-corrected chi connectivity index (χ2v) is 7.57. The molecule has 0 fully saturated rings. The van der Waals surface area contributed by atoms with E-state index in [1.807, 2.05) is 58.0 Å². The van der Waals surface area contributed by atoms with E-state index >= 15 is 0 Å². The molecule has 102 valence electrons. The summed E-state index contributed by atoms with van der Waals surface area (Å²) < 4.78 is 23.9. The van der Waals surface area contributed by atoms with Gasteiger partial charge in [-0.25, -0.2) is 0 Å². The van der Waals surface area contributed by atoms with Crippen molar-refractivity contribution in [2.24, 2.45) is 0 Å². The van der Waals surface area contributed by atoms with Gasteiger partial charge in [-0.1, -0.05) is 30.3 Å². The average Bonchev–Trinajstić information content (AvgIpc) is 2.27. The van der Waals surface area contributed by atoms with Crippen LogP contribution in [0, 0.1) is 0 Å². The van der Waals surface area contributed by atoms with E-state index in [9.17, 15) is 4.57 Å². The molecule has 1 rings (SSSR count). The zero-order valence-corrected chi connectivity index (χ0v) is 13.0. The Morgan fingerprint density at radius 3 is 1.83 bits per heavy atom. The molecule has 0 saturated heterocycles. The van der Waals surface area contributed by atoms with Crippen LogP contribution in [0.2, 0.25) is 0 Å². The highest BCUT2D eigenvalue weighted by Crippen LogP contribution is 2.64. The topological polar surface area (TPSA) is 35.5 Å². The van der Waals surface area contributed by atoms with E-state index in [0.717, 1.165) is 5.56 Å². The maximum absolute atomic E-state index is 12.8. The summed E-state index contributed by atoms with van der Waals surface area (Å²) in [5.74, 6) is 0. The molecule has 0 N–H and O–H groups in total. The fraction of sp³-hybridized carbons (Fsp3) is 0.538. The summed E-state index contributed by atoms with van der Waals surface area (Å²) in [6, 6.07) is 9.41. The average molecular weight is 288 g/mol. The first-order valence-electron chi connectivity index (χ1n) is 6.04. The predicted molar refractivity (Wildman–Crippen MR) is 78.2 cm³/mol. The van der Waals surface area contributed by atoms with Crippen LogP contribution in [0.25, 0.3) is 0 Å².